The molecule has 0 heterocycles. The van der Waals surface area contributed by atoms with Gasteiger partial charge in [0.15, 0.2) is 0 Å². The van der Waals surface area contributed by atoms with Gasteiger partial charge < -0.3 is 10.0 Å². The Morgan fingerprint density at radius 2 is 1.65 bits per heavy atom. The smallest absolute Gasteiger partial charge is 0.310 e. The molecule has 0 spiro atoms. The average Bonchev–Trinajstić information content (AvgIpc) is 2.64. The van der Waals surface area contributed by atoms with Gasteiger partial charge in [-0.25, -0.2) is 0 Å². The van der Waals surface area contributed by atoms with Crippen LogP contribution in [0, 0.1) is 5.41 Å². The lowest BCUT2D eigenvalue weighted by atomic mass is 9.77. The third kappa shape index (κ3) is 3.74. The van der Waals surface area contributed by atoms with E-state index in [1.807, 2.05) is 20.8 Å². The quantitative estimate of drug-likeness (QED) is 0.786. The van der Waals surface area contributed by atoms with Crippen LogP contribution in [0.15, 0.2) is 0 Å². The van der Waals surface area contributed by atoms with E-state index in [9.17, 15) is 14.7 Å². The van der Waals surface area contributed by atoms with E-state index in [2.05, 4.69) is 0 Å². The van der Waals surface area contributed by atoms with E-state index in [4.69, 9.17) is 0 Å². The Hall–Kier alpha value is -1.06. The van der Waals surface area contributed by atoms with Crippen molar-refractivity contribution >= 4 is 11.9 Å². The van der Waals surface area contributed by atoms with Crippen LogP contribution in [-0.2, 0) is 9.59 Å². The molecular formula is C16H29NO3. The SMILES string of the molecule is CCC(C)(C)N(C)C(=O)CC1(C(=O)O)CCCCCC1. The summed E-state index contributed by atoms with van der Waals surface area (Å²) in [7, 11) is 1.79. The predicted octanol–water partition coefficient (Wildman–Crippen LogP) is 3.45. The lowest BCUT2D eigenvalue weighted by molar-refractivity contribution is -0.155. The molecule has 0 aliphatic heterocycles. The molecule has 1 amide bonds. The predicted molar refractivity (Wildman–Crippen MR) is 79.5 cm³/mol. The number of nitrogens with zero attached hydrogens (tertiary/aromatic N) is 1. The molecule has 0 aromatic rings. The van der Waals surface area contributed by atoms with Crippen LogP contribution >= 0.6 is 0 Å². The second-order valence-corrected chi connectivity index (χ2v) is 6.80. The van der Waals surface area contributed by atoms with Gasteiger partial charge in [-0.3, -0.25) is 9.59 Å². The van der Waals surface area contributed by atoms with Gasteiger partial charge in [0, 0.05) is 19.0 Å². The molecule has 1 N–H and O–H groups in total. The topological polar surface area (TPSA) is 57.6 Å². The number of carbonyl (C=O) groups excluding carboxylic acids is 1. The van der Waals surface area contributed by atoms with Crippen molar-refractivity contribution in [2.45, 2.75) is 77.7 Å². The minimum atomic E-state index is -0.842. The molecule has 0 bridgehead atoms. The standard InChI is InChI=1S/C16H29NO3/c1-5-15(2,3)17(4)13(18)12-16(14(19)20)10-8-6-7-9-11-16/h5-12H2,1-4H3,(H,19,20). The number of carboxylic acids is 1. The molecule has 1 aliphatic carbocycles. The molecule has 20 heavy (non-hydrogen) atoms. The molecule has 1 saturated carbocycles. The van der Waals surface area contributed by atoms with Gasteiger partial charge in [0.1, 0.15) is 0 Å². The van der Waals surface area contributed by atoms with Gasteiger partial charge in [0.25, 0.3) is 0 Å². The van der Waals surface area contributed by atoms with E-state index < -0.39 is 11.4 Å². The first kappa shape index (κ1) is 17.0. The number of carboxylic acid groups (broad SMARTS) is 1. The summed E-state index contributed by atoms with van der Waals surface area (Å²) in [6.07, 6.45) is 6.26. The van der Waals surface area contributed by atoms with Gasteiger partial charge in [-0.2, -0.15) is 0 Å². The molecule has 1 fully saturated rings. The van der Waals surface area contributed by atoms with Crippen molar-refractivity contribution in [2.24, 2.45) is 5.41 Å². The highest BCUT2D eigenvalue weighted by atomic mass is 16.4. The molecule has 0 unspecified atom stereocenters. The molecule has 0 saturated heterocycles. The molecule has 4 nitrogen and oxygen atoms in total. The Balaban J connectivity index is 2.85. The lowest BCUT2D eigenvalue weighted by Crippen LogP contribution is -2.47. The highest BCUT2D eigenvalue weighted by molar-refractivity contribution is 5.85. The first-order valence-corrected chi connectivity index (χ1v) is 7.75. The van der Waals surface area contributed by atoms with Crippen molar-refractivity contribution in [1.29, 1.82) is 0 Å². The first-order valence-electron chi connectivity index (χ1n) is 7.75. The molecule has 0 aromatic heterocycles. The normalized spacial score (nSPS) is 19.2. The summed E-state index contributed by atoms with van der Waals surface area (Å²) in [5.41, 5.74) is -1.06. The molecule has 0 atom stereocenters. The molecular weight excluding hydrogens is 254 g/mol. The fourth-order valence-electron chi connectivity index (χ4n) is 2.85. The number of aliphatic carboxylic acids is 1. The van der Waals surface area contributed by atoms with Crippen LogP contribution in [0.3, 0.4) is 0 Å². The van der Waals surface area contributed by atoms with Gasteiger partial charge >= 0.3 is 5.97 Å². The fourth-order valence-corrected chi connectivity index (χ4v) is 2.85. The summed E-state index contributed by atoms with van der Waals surface area (Å²) in [5, 5.41) is 9.63. The molecule has 1 rings (SSSR count). The lowest BCUT2D eigenvalue weighted by Gasteiger charge is -2.37. The molecule has 116 valence electrons. The van der Waals surface area contributed by atoms with Crippen molar-refractivity contribution in [1.82, 2.24) is 4.90 Å². The minimum Gasteiger partial charge on any atom is -0.481 e. The molecule has 1 aliphatic rings. The zero-order valence-corrected chi connectivity index (χ0v) is 13.4. The minimum absolute atomic E-state index is 0.0406. The van der Waals surface area contributed by atoms with Gasteiger partial charge in [-0.1, -0.05) is 32.6 Å². The monoisotopic (exact) mass is 283 g/mol. The van der Waals surface area contributed by atoms with E-state index >= 15 is 0 Å². The Labute approximate surface area is 122 Å². The summed E-state index contributed by atoms with van der Waals surface area (Å²) in [4.78, 5) is 26.0. The number of rotatable bonds is 5. The average molecular weight is 283 g/mol. The second kappa shape index (κ2) is 6.59. The van der Waals surface area contributed by atoms with Crippen LogP contribution in [0.25, 0.3) is 0 Å². The number of hydrogen-bond acceptors (Lipinski definition) is 2. The van der Waals surface area contributed by atoms with E-state index in [1.165, 1.54) is 0 Å². The van der Waals surface area contributed by atoms with Crippen molar-refractivity contribution < 1.29 is 14.7 Å². The van der Waals surface area contributed by atoms with Crippen LogP contribution in [0.1, 0.15) is 72.1 Å². The van der Waals surface area contributed by atoms with Crippen LogP contribution in [0.4, 0.5) is 0 Å². The first-order chi connectivity index (χ1) is 9.25. The Kier molecular flexibility index (Phi) is 5.60. The van der Waals surface area contributed by atoms with Gasteiger partial charge in [-0.15, -0.1) is 0 Å². The van der Waals surface area contributed by atoms with Gasteiger partial charge in [0.05, 0.1) is 5.41 Å². The highest BCUT2D eigenvalue weighted by Crippen LogP contribution is 2.39. The molecule has 4 heteroatoms. The van der Waals surface area contributed by atoms with E-state index in [0.29, 0.717) is 12.8 Å². The maximum absolute atomic E-state index is 12.5. The van der Waals surface area contributed by atoms with E-state index in [-0.39, 0.29) is 17.9 Å². The zero-order valence-electron chi connectivity index (χ0n) is 13.4. The summed E-state index contributed by atoms with van der Waals surface area (Å²) < 4.78 is 0. The van der Waals surface area contributed by atoms with Crippen LogP contribution < -0.4 is 0 Å². The molecule has 0 radical (unpaired) electrons. The van der Waals surface area contributed by atoms with Gasteiger partial charge in [-0.05, 0) is 33.1 Å². The third-order valence-electron chi connectivity index (χ3n) is 5.15. The zero-order chi connectivity index (χ0) is 15.4. The highest BCUT2D eigenvalue weighted by Gasteiger charge is 2.42. The maximum atomic E-state index is 12.5. The number of carbonyl (C=O) groups is 2. The van der Waals surface area contributed by atoms with Crippen molar-refractivity contribution in [3.8, 4) is 0 Å². The summed E-state index contributed by atoms with van der Waals surface area (Å²) in [6.45, 7) is 6.08. The Morgan fingerprint density at radius 1 is 1.15 bits per heavy atom. The summed E-state index contributed by atoms with van der Waals surface area (Å²) in [5.74, 6) is -0.836. The fraction of sp³-hybridized carbons (Fsp3) is 0.875. The number of hydrogen-bond donors (Lipinski definition) is 1. The van der Waals surface area contributed by atoms with Crippen LogP contribution in [0.5, 0.6) is 0 Å². The Morgan fingerprint density at radius 3 is 2.05 bits per heavy atom. The van der Waals surface area contributed by atoms with E-state index in [1.54, 1.807) is 11.9 Å². The van der Waals surface area contributed by atoms with Crippen molar-refractivity contribution in [2.75, 3.05) is 7.05 Å². The summed E-state index contributed by atoms with van der Waals surface area (Å²) >= 11 is 0. The third-order valence-corrected chi connectivity index (χ3v) is 5.15. The summed E-state index contributed by atoms with van der Waals surface area (Å²) in [6, 6.07) is 0. The van der Waals surface area contributed by atoms with Crippen molar-refractivity contribution in [3.05, 3.63) is 0 Å². The van der Waals surface area contributed by atoms with Crippen LogP contribution in [0.2, 0.25) is 0 Å². The van der Waals surface area contributed by atoms with Crippen LogP contribution in [-0.4, -0.2) is 34.5 Å². The molecule has 0 aromatic carbocycles. The van der Waals surface area contributed by atoms with E-state index in [0.717, 1.165) is 32.1 Å². The second-order valence-electron chi connectivity index (χ2n) is 6.80. The number of amides is 1. The maximum Gasteiger partial charge on any atom is 0.310 e. The van der Waals surface area contributed by atoms with Gasteiger partial charge in [0.2, 0.25) is 5.91 Å². The Bertz CT molecular complexity index is 355. The largest absolute Gasteiger partial charge is 0.481 e. The van der Waals surface area contributed by atoms with Crippen molar-refractivity contribution in [3.63, 3.8) is 0 Å².